The summed E-state index contributed by atoms with van der Waals surface area (Å²) in [7, 11) is -3.59. The second kappa shape index (κ2) is 8.25. The van der Waals surface area contributed by atoms with E-state index in [4.69, 9.17) is 4.42 Å². The van der Waals surface area contributed by atoms with E-state index in [1.807, 2.05) is 30.3 Å². The van der Waals surface area contributed by atoms with Gasteiger partial charge in [0.25, 0.3) is 5.91 Å². The Morgan fingerprint density at radius 3 is 2.33 bits per heavy atom. The molecular formula is C22H20N2O5S. The van der Waals surface area contributed by atoms with E-state index in [1.54, 1.807) is 30.3 Å². The number of amides is 1. The van der Waals surface area contributed by atoms with Crippen LogP contribution in [0.4, 0.5) is 0 Å². The van der Waals surface area contributed by atoms with Crippen LogP contribution in [0.1, 0.15) is 16.1 Å². The van der Waals surface area contributed by atoms with Gasteiger partial charge in [0, 0.05) is 37.7 Å². The quantitative estimate of drug-likeness (QED) is 0.642. The van der Waals surface area contributed by atoms with Gasteiger partial charge < -0.3 is 9.32 Å². The standard InChI is InChI=1S/C22H20N2O5S/c25-19-16-21(29-20-9-5-4-8-18(19)20)22(26)23-11-13-24(14-12-23)30(27,28)15-10-17-6-2-1-3-7-17/h1-10,15-16H,11-14H2/b15-10+. The lowest BCUT2D eigenvalue weighted by atomic mass is 10.2. The van der Waals surface area contributed by atoms with Gasteiger partial charge in [-0.25, -0.2) is 8.42 Å². The Kier molecular flexibility index (Phi) is 5.52. The van der Waals surface area contributed by atoms with E-state index in [9.17, 15) is 18.0 Å². The molecule has 1 amide bonds. The fraction of sp³-hybridized carbons (Fsp3) is 0.182. The first kappa shape index (κ1) is 20.1. The normalized spacial score (nSPS) is 15.7. The van der Waals surface area contributed by atoms with Crippen LogP contribution in [0.2, 0.25) is 0 Å². The second-order valence-electron chi connectivity index (χ2n) is 6.92. The van der Waals surface area contributed by atoms with Gasteiger partial charge in [-0.2, -0.15) is 4.31 Å². The number of carbonyl (C=O) groups excluding carboxylic acids is 1. The summed E-state index contributed by atoms with van der Waals surface area (Å²) in [6, 6.07) is 17.1. The molecule has 0 radical (unpaired) electrons. The van der Waals surface area contributed by atoms with Crippen molar-refractivity contribution >= 4 is 33.0 Å². The van der Waals surface area contributed by atoms with E-state index in [-0.39, 0.29) is 37.4 Å². The zero-order valence-corrected chi connectivity index (χ0v) is 16.9. The molecule has 2 aromatic carbocycles. The zero-order chi connectivity index (χ0) is 21.1. The molecule has 8 heteroatoms. The van der Waals surface area contributed by atoms with Crippen LogP contribution in [-0.4, -0.2) is 49.7 Å². The first-order chi connectivity index (χ1) is 14.4. The molecule has 0 saturated carbocycles. The number of hydrogen-bond donors (Lipinski definition) is 0. The van der Waals surface area contributed by atoms with Crippen molar-refractivity contribution in [3.8, 4) is 0 Å². The summed E-state index contributed by atoms with van der Waals surface area (Å²) in [5, 5.41) is 1.59. The molecule has 0 atom stereocenters. The van der Waals surface area contributed by atoms with Gasteiger partial charge in [0.15, 0.2) is 11.2 Å². The Bertz CT molecular complexity index is 1260. The molecular weight excluding hydrogens is 404 g/mol. The zero-order valence-electron chi connectivity index (χ0n) is 16.1. The average Bonchev–Trinajstić information content (AvgIpc) is 2.78. The molecule has 0 spiro atoms. The lowest BCUT2D eigenvalue weighted by molar-refractivity contribution is 0.0667. The van der Waals surface area contributed by atoms with Gasteiger partial charge in [-0.05, 0) is 23.8 Å². The summed E-state index contributed by atoms with van der Waals surface area (Å²) in [5.74, 6) is -0.464. The molecule has 1 aliphatic heterocycles. The van der Waals surface area contributed by atoms with Crippen molar-refractivity contribution < 1.29 is 17.6 Å². The topological polar surface area (TPSA) is 87.9 Å². The third-order valence-corrected chi connectivity index (χ3v) is 6.53. The number of piperazine rings is 1. The number of benzene rings is 2. The summed E-state index contributed by atoms with van der Waals surface area (Å²) < 4.78 is 32.1. The number of sulfonamides is 1. The molecule has 154 valence electrons. The third kappa shape index (κ3) is 4.19. The minimum atomic E-state index is -3.59. The van der Waals surface area contributed by atoms with Crippen LogP contribution >= 0.6 is 0 Å². The lowest BCUT2D eigenvalue weighted by Crippen LogP contribution is -2.50. The number of para-hydroxylation sites is 1. The molecule has 0 N–H and O–H groups in total. The van der Waals surface area contributed by atoms with Crippen molar-refractivity contribution in [1.82, 2.24) is 9.21 Å². The molecule has 4 rings (SSSR count). The van der Waals surface area contributed by atoms with Crippen LogP contribution < -0.4 is 5.43 Å². The van der Waals surface area contributed by atoms with Crippen molar-refractivity contribution in [2.45, 2.75) is 0 Å². The number of carbonyl (C=O) groups is 1. The molecule has 1 saturated heterocycles. The van der Waals surface area contributed by atoms with Crippen molar-refractivity contribution in [3.63, 3.8) is 0 Å². The summed E-state index contributed by atoms with van der Waals surface area (Å²) in [6.45, 7) is 0.775. The Balaban J connectivity index is 1.45. The monoisotopic (exact) mass is 424 g/mol. The van der Waals surface area contributed by atoms with Gasteiger partial charge in [-0.3, -0.25) is 9.59 Å². The highest BCUT2D eigenvalue weighted by Gasteiger charge is 2.29. The van der Waals surface area contributed by atoms with Crippen molar-refractivity contribution in [1.29, 1.82) is 0 Å². The van der Waals surface area contributed by atoms with Crippen LogP contribution in [0.25, 0.3) is 17.0 Å². The van der Waals surface area contributed by atoms with Gasteiger partial charge in [0.2, 0.25) is 10.0 Å². The largest absolute Gasteiger partial charge is 0.451 e. The Morgan fingerprint density at radius 2 is 1.60 bits per heavy atom. The molecule has 30 heavy (non-hydrogen) atoms. The second-order valence-corrected chi connectivity index (χ2v) is 8.74. The lowest BCUT2D eigenvalue weighted by Gasteiger charge is -2.33. The maximum atomic E-state index is 12.8. The molecule has 3 aromatic rings. The summed E-state index contributed by atoms with van der Waals surface area (Å²) >= 11 is 0. The predicted octanol–water partition coefficient (Wildman–Crippen LogP) is 2.55. The van der Waals surface area contributed by atoms with Crippen molar-refractivity contribution in [2.24, 2.45) is 0 Å². The maximum absolute atomic E-state index is 12.8. The van der Waals surface area contributed by atoms with Crippen LogP contribution in [-0.2, 0) is 10.0 Å². The summed E-state index contributed by atoms with van der Waals surface area (Å²) in [5.41, 5.74) is 0.856. The van der Waals surface area contributed by atoms with E-state index >= 15 is 0 Å². The van der Waals surface area contributed by atoms with Gasteiger partial charge in [-0.1, -0.05) is 42.5 Å². The van der Waals surface area contributed by atoms with Crippen LogP contribution in [0.5, 0.6) is 0 Å². The minimum Gasteiger partial charge on any atom is -0.451 e. The highest BCUT2D eigenvalue weighted by Crippen LogP contribution is 2.16. The summed E-state index contributed by atoms with van der Waals surface area (Å²) in [4.78, 5) is 26.5. The maximum Gasteiger partial charge on any atom is 0.289 e. The van der Waals surface area contributed by atoms with Crippen LogP contribution in [0.15, 0.2) is 75.3 Å². The SMILES string of the molecule is O=C(c1cc(=O)c2ccccc2o1)N1CCN(S(=O)(=O)/C=C/c2ccccc2)CC1. The summed E-state index contributed by atoms with van der Waals surface area (Å²) in [6.07, 6.45) is 1.55. The number of nitrogens with zero attached hydrogens (tertiary/aromatic N) is 2. The fourth-order valence-corrected chi connectivity index (χ4v) is 4.50. The Hall–Kier alpha value is -3.23. The highest BCUT2D eigenvalue weighted by atomic mass is 32.2. The molecule has 1 aromatic heterocycles. The predicted molar refractivity (Wildman–Crippen MR) is 114 cm³/mol. The van der Waals surface area contributed by atoms with Crippen molar-refractivity contribution in [2.75, 3.05) is 26.2 Å². The van der Waals surface area contributed by atoms with Crippen molar-refractivity contribution in [3.05, 3.63) is 87.6 Å². The molecule has 0 bridgehead atoms. The highest BCUT2D eigenvalue weighted by molar-refractivity contribution is 7.92. The molecule has 1 aliphatic rings. The van der Waals surface area contributed by atoms with Gasteiger partial charge in [0.05, 0.1) is 5.39 Å². The Morgan fingerprint density at radius 1 is 0.933 bits per heavy atom. The first-order valence-electron chi connectivity index (χ1n) is 9.49. The van der Waals surface area contributed by atoms with Gasteiger partial charge >= 0.3 is 0 Å². The van der Waals surface area contributed by atoms with Gasteiger partial charge in [0.1, 0.15) is 5.58 Å². The number of rotatable bonds is 4. The van der Waals surface area contributed by atoms with E-state index in [2.05, 4.69) is 0 Å². The molecule has 0 unspecified atom stereocenters. The number of hydrogen-bond acceptors (Lipinski definition) is 5. The van der Waals surface area contributed by atoms with E-state index < -0.39 is 15.9 Å². The van der Waals surface area contributed by atoms with Crippen LogP contribution in [0.3, 0.4) is 0 Å². The third-order valence-electron chi connectivity index (χ3n) is 4.96. The van der Waals surface area contributed by atoms with E-state index in [0.717, 1.165) is 5.56 Å². The average molecular weight is 424 g/mol. The number of fused-ring (bicyclic) bond motifs is 1. The fourth-order valence-electron chi connectivity index (χ4n) is 3.33. The first-order valence-corrected chi connectivity index (χ1v) is 11.0. The van der Waals surface area contributed by atoms with E-state index in [1.165, 1.54) is 20.7 Å². The molecule has 7 nitrogen and oxygen atoms in total. The smallest absolute Gasteiger partial charge is 0.289 e. The minimum absolute atomic E-state index is 0.0426. The van der Waals surface area contributed by atoms with E-state index in [0.29, 0.717) is 11.0 Å². The van der Waals surface area contributed by atoms with Gasteiger partial charge in [-0.15, -0.1) is 0 Å². The molecule has 0 aliphatic carbocycles. The van der Waals surface area contributed by atoms with Crippen LogP contribution in [0, 0.1) is 0 Å². The molecule has 2 heterocycles. The molecule has 1 fully saturated rings. The Labute approximate surface area is 173 Å².